The molecule has 2 aliphatic rings. The normalized spacial score (nSPS) is 17.8. The summed E-state index contributed by atoms with van der Waals surface area (Å²) in [6.07, 6.45) is 3.67. The largest absolute Gasteiger partial charge is 0.479 e. The minimum atomic E-state index is -0.635. The zero-order chi connectivity index (χ0) is 27.1. The quantitative estimate of drug-likeness (QED) is 0.357. The molecule has 6 rings (SSSR count). The summed E-state index contributed by atoms with van der Waals surface area (Å²) in [7, 11) is 1.62. The van der Waals surface area contributed by atoms with E-state index in [1.165, 1.54) is 4.88 Å². The summed E-state index contributed by atoms with van der Waals surface area (Å²) < 4.78 is 12.2. The van der Waals surface area contributed by atoms with E-state index in [2.05, 4.69) is 30.7 Å². The van der Waals surface area contributed by atoms with Gasteiger partial charge >= 0.3 is 0 Å². The molecule has 1 amide bonds. The Morgan fingerprint density at radius 3 is 2.67 bits per heavy atom. The summed E-state index contributed by atoms with van der Waals surface area (Å²) >= 11 is 1.76. The van der Waals surface area contributed by atoms with Crippen molar-refractivity contribution in [3.8, 4) is 17.3 Å². The monoisotopic (exact) mass is 550 g/mol. The van der Waals surface area contributed by atoms with Crippen LogP contribution in [0.15, 0.2) is 24.5 Å². The highest BCUT2D eigenvalue weighted by atomic mass is 32.1. The van der Waals surface area contributed by atoms with Crippen LogP contribution in [-0.4, -0.2) is 101 Å². The van der Waals surface area contributed by atoms with Crippen molar-refractivity contribution in [3.63, 3.8) is 0 Å². The van der Waals surface area contributed by atoms with Gasteiger partial charge in [0.05, 0.1) is 36.1 Å². The molecular weight excluding hydrogens is 516 g/mol. The van der Waals surface area contributed by atoms with E-state index in [1.807, 2.05) is 26.1 Å². The molecule has 2 fully saturated rings. The first kappa shape index (κ1) is 25.9. The van der Waals surface area contributed by atoms with Crippen LogP contribution in [0.4, 0.5) is 5.82 Å². The number of rotatable bonds is 7. The summed E-state index contributed by atoms with van der Waals surface area (Å²) in [4.78, 5) is 37.9. The molecule has 0 aromatic carbocycles. The number of hydrogen-bond acceptors (Lipinski definition) is 10. The van der Waals surface area contributed by atoms with Crippen LogP contribution in [0.3, 0.4) is 0 Å². The number of pyridine rings is 1. The average molecular weight is 551 g/mol. The maximum atomic E-state index is 11.9. The van der Waals surface area contributed by atoms with Crippen LogP contribution in [0, 0.1) is 0 Å². The fraction of sp³-hybridized carbons (Fsp3) is 0.481. The molecule has 11 nitrogen and oxygen atoms in total. The molecule has 0 atom stereocenters. The van der Waals surface area contributed by atoms with Gasteiger partial charge in [0.25, 0.3) is 0 Å². The standard InChI is InChI=1S/C27H34N8O3S/c1-27(2,26(28)36)35-8-6-33(7-9-35)16-17-14-20-22(39-17)24(34-10-12-38-13-11-34)32-23(31-20)19-15-30-25(37-3)21-18(19)4-5-29-21/h4-5,14-15,29H,6-13,16H2,1-3H3,(H2,28,36). The number of primary amides is 1. The number of nitrogens with one attached hydrogen (secondary N) is 1. The Labute approximate surface area is 230 Å². The predicted molar refractivity (Wildman–Crippen MR) is 152 cm³/mol. The van der Waals surface area contributed by atoms with Crippen molar-refractivity contribution < 1.29 is 14.3 Å². The van der Waals surface area contributed by atoms with Gasteiger partial charge in [0.2, 0.25) is 11.8 Å². The summed E-state index contributed by atoms with van der Waals surface area (Å²) in [5.74, 6) is 1.86. The number of hydrogen-bond donors (Lipinski definition) is 2. The predicted octanol–water partition coefficient (Wildman–Crippen LogP) is 2.46. The average Bonchev–Trinajstić information content (AvgIpc) is 3.60. The molecule has 6 heterocycles. The summed E-state index contributed by atoms with van der Waals surface area (Å²) in [6.45, 7) is 10.9. The zero-order valence-electron chi connectivity index (χ0n) is 22.6. The molecule has 12 heteroatoms. The van der Waals surface area contributed by atoms with Crippen LogP contribution >= 0.6 is 11.3 Å². The lowest BCUT2D eigenvalue weighted by Gasteiger charge is -2.42. The maximum absolute atomic E-state index is 11.9. The highest BCUT2D eigenvalue weighted by molar-refractivity contribution is 7.19. The van der Waals surface area contributed by atoms with Gasteiger partial charge in [0, 0.05) is 74.0 Å². The maximum Gasteiger partial charge on any atom is 0.238 e. The molecule has 2 aliphatic heterocycles. The van der Waals surface area contributed by atoms with E-state index in [1.54, 1.807) is 24.6 Å². The third-order valence-electron chi connectivity index (χ3n) is 7.86. The third kappa shape index (κ3) is 4.82. The van der Waals surface area contributed by atoms with Gasteiger partial charge in [-0.3, -0.25) is 14.6 Å². The molecule has 3 N–H and O–H groups in total. The van der Waals surface area contributed by atoms with E-state index in [0.717, 1.165) is 78.3 Å². The zero-order valence-corrected chi connectivity index (χ0v) is 23.4. The van der Waals surface area contributed by atoms with Gasteiger partial charge in [-0.2, -0.15) is 0 Å². The molecule has 0 spiro atoms. The van der Waals surface area contributed by atoms with Gasteiger partial charge in [-0.1, -0.05) is 0 Å². The van der Waals surface area contributed by atoms with E-state index in [4.69, 9.17) is 25.2 Å². The van der Waals surface area contributed by atoms with Crippen LogP contribution in [0.2, 0.25) is 0 Å². The lowest BCUT2D eigenvalue weighted by atomic mass is 10.0. The second-order valence-corrected chi connectivity index (χ2v) is 11.7. The third-order valence-corrected chi connectivity index (χ3v) is 8.96. The van der Waals surface area contributed by atoms with Crippen molar-refractivity contribution in [1.82, 2.24) is 29.7 Å². The number of nitrogens with zero attached hydrogens (tertiary/aromatic N) is 6. The second kappa shape index (κ2) is 10.3. The number of carbonyl (C=O) groups excluding carboxylic acids is 1. The topological polar surface area (TPSA) is 126 Å². The van der Waals surface area contributed by atoms with Crippen molar-refractivity contribution >= 4 is 44.2 Å². The lowest BCUT2D eigenvalue weighted by Crippen LogP contribution is -2.59. The fourth-order valence-corrected chi connectivity index (χ4v) is 6.51. The first-order valence-electron chi connectivity index (χ1n) is 13.3. The van der Waals surface area contributed by atoms with Crippen molar-refractivity contribution in [1.29, 1.82) is 0 Å². The molecule has 4 aromatic rings. The molecule has 4 aromatic heterocycles. The molecule has 0 saturated carbocycles. The van der Waals surface area contributed by atoms with Gasteiger partial charge in [-0.25, -0.2) is 15.0 Å². The summed E-state index contributed by atoms with van der Waals surface area (Å²) in [5, 5.41) is 0.973. The molecule has 206 valence electrons. The first-order chi connectivity index (χ1) is 18.8. The molecule has 2 saturated heterocycles. The summed E-state index contributed by atoms with van der Waals surface area (Å²) in [5.41, 5.74) is 7.64. The molecule has 0 bridgehead atoms. The number of aromatic nitrogens is 4. The van der Waals surface area contributed by atoms with Gasteiger partial charge in [0.15, 0.2) is 11.6 Å². The molecule has 0 unspecified atom stereocenters. The van der Waals surface area contributed by atoms with Crippen molar-refractivity contribution in [2.45, 2.75) is 25.9 Å². The van der Waals surface area contributed by atoms with Crippen molar-refractivity contribution in [2.24, 2.45) is 5.73 Å². The van der Waals surface area contributed by atoms with Crippen molar-refractivity contribution in [3.05, 3.63) is 29.4 Å². The highest BCUT2D eigenvalue weighted by Gasteiger charge is 2.34. The molecule has 39 heavy (non-hydrogen) atoms. The first-order valence-corrected chi connectivity index (χ1v) is 14.1. The second-order valence-electron chi connectivity index (χ2n) is 10.5. The Hall–Kier alpha value is -3.32. The molecule has 0 aliphatic carbocycles. The Morgan fingerprint density at radius 2 is 1.95 bits per heavy atom. The van der Waals surface area contributed by atoms with E-state index in [-0.39, 0.29) is 5.91 Å². The van der Waals surface area contributed by atoms with E-state index in [0.29, 0.717) is 24.9 Å². The minimum Gasteiger partial charge on any atom is -0.479 e. The Morgan fingerprint density at radius 1 is 1.18 bits per heavy atom. The van der Waals surface area contributed by atoms with E-state index in [9.17, 15) is 4.79 Å². The minimum absolute atomic E-state index is 0.283. The number of anilines is 1. The van der Waals surface area contributed by atoms with Crippen LogP contribution in [0.1, 0.15) is 18.7 Å². The van der Waals surface area contributed by atoms with Crippen LogP contribution < -0.4 is 15.4 Å². The number of nitrogens with two attached hydrogens (primary N) is 1. The SMILES string of the molecule is COc1ncc(-c2nc(N3CCOCC3)c3sc(CN4CCN(C(C)(C)C(N)=O)CC4)cc3n2)c2cc[nH]c12. The van der Waals surface area contributed by atoms with E-state index >= 15 is 0 Å². The summed E-state index contributed by atoms with van der Waals surface area (Å²) in [6, 6.07) is 4.20. The Balaban J connectivity index is 1.33. The van der Waals surface area contributed by atoms with Gasteiger partial charge in [-0.15, -0.1) is 11.3 Å². The number of amides is 1. The van der Waals surface area contributed by atoms with Crippen LogP contribution in [0.25, 0.3) is 32.5 Å². The highest BCUT2D eigenvalue weighted by Crippen LogP contribution is 2.37. The number of carbonyl (C=O) groups is 1. The number of ether oxygens (including phenoxy) is 2. The van der Waals surface area contributed by atoms with Gasteiger partial charge in [-0.05, 0) is 26.0 Å². The molecule has 0 radical (unpaired) electrons. The van der Waals surface area contributed by atoms with Gasteiger partial charge < -0.3 is 25.1 Å². The van der Waals surface area contributed by atoms with Crippen LogP contribution in [-0.2, 0) is 16.1 Å². The molecular formula is C27H34N8O3S. The number of methoxy groups -OCH3 is 1. The lowest BCUT2D eigenvalue weighted by molar-refractivity contribution is -0.129. The number of H-pyrrole nitrogens is 1. The fourth-order valence-electron chi connectivity index (χ4n) is 5.35. The number of morpholine rings is 1. The number of thiophene rings is 1. The number of aromatic amines is 1. The van der Waals surface area contributed by atoms with E-state index < -0.39 is 5.54 Å². The smallest absolute Gasteiger partial charge is 0.238 e. The van der Waals surface area contributed by atoms with Gasteiger partial charge in [0.1, 0.15) is 5.52 Å². The Kier molecular flexibility index (Phi) is 6.88. The van der Waals surface area contributed by atoms with Crippen LogP contribution in [0.5, 0.6) is 5.88 Å². The number of piperazine rings is 1. The van der Waals surface area contributed by atoms with Crippen molar-refractivity contribution in [2.75, 3.05) is 64.5 Å². The Bertz CT molecular complexity index is 1500. The number of fused-ring (bicyclic) bond motifs is 2.